The van der Waals surface area contributed by atoms with E-state index in [1.54, 1.807) is 0 Å². The van der Waals surface area contributed by atoms with Crippen LogP contribution in [0.25, 0.3) is 0 Å². The predicted octanol–water partition coefficient (Wildman–Crippen LogP) is 2.51. The number of rotatable bonds is 7. The lowest BCUT2D eigenvalue weighted by atomic mass is 10.2. The molecular formula is C10H19N. The molecule has 0 saturated carbocycles. The van der Waals surface area contributed by atoms with Gasteiger partial charge in [0.1, 0.15) is 0 Å². The monoisotopic (exact) mass is 153 g/mol. The lowest BCUT2D eigenvalue weighted by molar-refractivity contribution is 0.543. The van der Waals surface area contributed by atoms with E-state index in [2.05, 4.69) is 25.4 Å². The smallest absolute Gasteiger partial charge is 0.00731 e. The first-order valence-corrected chi connectivity index (χ1v) is 4.26. The highest BCUT2D eigenvalue weighted by molar-refractivity contribution is 4.75. The summed E-state index contributed by atoms with van der Waals surface area (Å²) < 4.78 is 0. The quantitative estimate of drug-likeness (QED) is 0.438. The summed E-state index contributed by atoms with van der Waals surface area (Å²) in [7, 11) is 0. The third-order valence-corrected chi connectivity index (χ3v) is 1.60. The van der Waals surface area contributed by atoms with Crippen LogP contribution in [0.3, 0.4) is 0 Å². The van der Waals surface area contributed by atoms with E-state index in [0.717, 1.165) is 19.4 Å². The summed E-state index contributed by atoms with van der Waals surface area (Å²) in [6, 6.07) is 0.567. The Kier molecular flexibility index (Phi) is 7.16. The van der Waals surface area contributed by atoms with Crippen molar-refractivity contribution >= 4 is 0 Å². The average molecular weight is 153 g/mol. The van der Waals surface area contributed by atoms with Gasteiger partial charge >= 0.3 is 0 Å². The number of unbranched alkanes of at least 4 members (excludes halogenated alkanes) is 1. The van der Waals surface area contributed by atoms with E-state index in [-0.39, 0.29) is 0 Å². The van der Waals surface area contributed by atoms with Gasteiger partial charge in [-0.1, -0.05) is 12.2 Å². The molecule has 0 aliphatic heterocycles. The number of hydrogen-bond acceptors (Lipinski definition) is 1. The maximum Gasteiger partial charge on any atom is 0.00731 e. The Labute approximate surface area is 70.2 Å². The number of nitrogens with one attached hydrogen (secondary N) is 1. The molecule has 1 unspecified atom stereocenters. The molecule has 0 aliphatic rings. The molecule has 11 heavy (non-hydrogen) atoms. The largest absolute Gasteiger partial charge is 0.314 e. The van der Waals surface area contributed by atoms with Crippen LogP contribution < -0.4 is 5.32 Å². The second kappa shape index (κ2) is 7.55. The van der Waals surface area contributed by atoms with Gasteiger partial charge in [0, 0.05) is 6.04 Å². The van der Waals surface area contributed by atoms with Crippen LogP contribution in [0.15, 0.2) is 25.3 Å². The molecule has 0 aromatic carbocycles. The van der Waals surface area contributed by atoms with E-state index < -0.39 is 0 Å². The van der Waals surface area contributed by atoms with Gasteiger partial charge in [0.05, 0.1) is 0 Å². The molecule has 0 aliphatic carbocycles. The Morgan fingerprint density at radius 2 is 2.09 bits per heavy atom. The van der Waals surface area contributed by atoms with Crippen LogP contribution in [0.1, 0.15) is 26.2 Å². The zero-order valence-corrected chi connectivity index (χ0v) is 7.47. The Balaban J connectivity index is 3.09. The minimum absolute atomic E-state index is 0.567. The fraction of sp³-hybridized carbons (Fsp3) is 0.600. The zero-order valence-electron chi connectivity index (χ0n) is 7.47. The molecule has 0 aromatic heterocycles. The Hall–Kier alpha value is -0.560. The lowest BCUT2D eigenvalue weighted by Gasteiger charge is -2.09. The second-order valence-corrected chi connectivity index (χ2v) is 2.81. The fourth-order valence-corrected chi connectivity index (χ4v) is 0.928. The van der Waals surface area contributed by atoms with Crippen LogP contribution in [0.4, 0.5) is 0 Å². The molecule has 1 atom stereocenters. The predicted molar refractivity (Wildman–Crippen MR) is 51.7 cm³/mol. The first-order chi connectivity index (χ1) is 5.31. The van der Waals surface area contributed by atoms with Crippen LogP contribution >= 0.6 is 0 Å². The van der Waals surface area contributed by atoms with Gasteiger partial charge in [0.25, 0.3) is 0 Å². The van der Waals surface area contributed by atoms with Gasteiger partial charge in [0.15, 0.2) is 0 Å². The maximum absolute atomic E-state index is 3.69. The topological polar surface area (TPSA) is 12.0 Å². The number of hydrogen-bond donors (Lipinski definition) is 1. The van der Waals surface area contributed by atoms with E-state index >= 15 is 0 Å². The molecule has 0 heterocycles. The molecular weight excluding hydrogens is 134 g/mol. The summed E-state index contributed by atoms with van der Waals surface area (Å²) in [4.78, 5) is 0. The molecule has 1 N–H and O–H groups in total. The Morgan fingerprint density at radius 3 is 2.64 bits per heavy atom. The van der Waals surface area contributed by atoms with Crippen molar-refractivity contribution in [2.24, 2.45) is 0 Å². The molecule has 0 saturated heterocycles. The first kappa shape index (κ1) is 10.4. The summed E-state index contributed by atoms with van der Waals surface area (Å²) in [6.45, 7) is 10.6. The van der Waals surface area contributed by atoms with Crippen molar-refractivity contribution in [2.75, 3.05) is 6.54 Å². The molecule has 0 amide bonds. The molecule has 1 heteroatoms. The van der Waals surface area contributed by atoms with E-state index in [4.69, 9.17) is 0 Å². The minimum atomic E-state index is 0.567. The van der Waals surface area contributed by atoms with Crippen LogP contribution in [0, 0.1) is 0 Å². The van der Waals surface area contributed by atoms with E-state index in [9.17, 15) is 0 Å². The van der Waals surface area contributed by atoms with Crippen LogP contribution in [0.2, 0.25) is 0 Å². The van der Waals surface area contributed by atoms with Gasteiger partial charge in [-0.05, 0) is 32.7 Å². The molecule has 1 nitrogen and oxygen atoms in total. The van der Waals surface area contributed by atoms with Crippen LogP contribution in [-0.2, 0) is 0 Å². The molecule has 0 spiro atoms. The van der Waals surface area contributed by atoms with Crippen molar-refractivity contribution in [1.29, 1.82) is 0 Å². The van der Waals surface area contributed by atoms with Crippen molar-refractivity contribution in [3.63, 3.8) is 0 Å². The summed E-state index contributed by atoms with van der Waals surface area (Å²) in [5.74, 6) is 0. The third kappa shape index (κ3) is 7.34. The van der Waals surface area contributed by atoms with Crippen molar-refractivity contribution in [3.8, 4) is 0 Å². The highest BCUT2D eigenvalue weighted by Gasteiger charge is 1.95. The zero-order chi connectivity index (χ0) is 8.53. The standard InChI is InChI=1S/C10H19N/c1-4-6-7-9-11-10(3)8-5-2/h4-5,10-11H,1-2,6-9H2,3H3. The van der Waals surface area contributed by atoms with Crippen molar-refractivity contribution < 1.29 is 0 Å². The van der Waals surface area contributed by atoms with E-state index in [1.807, 2.05) is 12.2 Å². The van der Waals surface area contributed by atoms with E-state index in [1.165, 1.54) is 6.42 Å². The highest BCUT2D eigenvalue weighted by atomic mass is 14.9. The Bertz CT molecular complexity index is 107. The first-order valence-electron chi connectivity index (χ1n) is 4.26. The summed E-state index contributed by atoms with van der Waals surface area (Å²) in [6.07, 6.45) is 7.25. The summed E-state index contributed by atoms with van der Waals surface area (Å²) in [5.41, 5.74) is 0. The second-order valence-electron chi connectivity index (χ2n) is 2.81. The normalized spacial score (nSPS) is 12.5. The van der Waals surface area contributed by atoms with Gasteiger partial charge in [-0.3, -0.25) is 0 Å². The van der Waals surface area contributed by atoms with Gasteiger partial charge in [-0.15, -0.1) is 13.2 Å². The van der Waals surface area contributed by atoms with Gasteiger partial charge < -0.3 is 5.32 Å². The van der Waals surface area contributed by atoms with Gasteiger partial charge in [-0.25, -0.2) is 0 Å². The van der Waals surface area contributed by atoms with Crippen LogP contribution in [-0.4, -0.2) is 12.6 Å². The summed E-state index contributed by atoms with van der Waals surface area (Å²) in [5, 5.41) is 3.40. The van der Waals surface area contributed by atoms with Crippen molar-refractivity contribution in [3.05, 3.63) is 25.3 Å². The van der Waals surface area contributed by atoms with Crippen molar-refractivity contribution in [1.82, 2.24) is 5.32 Å². The summed E-state index contributed by atoms with van der Waals surface area (Å²) >= 11 is 0. The lowest BCUT2D eigenvalue weighted by Crippen LogP contribution is -2.26. The molecule has 0 rings (SSSR count). The van der Waals surface area contributed by atoms with Crippen LogP contribution in [0.5, 0.6) is 0 Å². The Morgan fingerprint density at radius 1 is 1.36 bits per heavy atom. The van der Waals surface area contributed by atoms with Gasteiger partial charge in [-0.2, -0.15) is 0 Å². The minimum Gasteiger partial charge on any atom is -0.314 e. The van der Waals surface area contributed by atoms with Gasteiger partial charge in [0.2, 0.25) is 0 Å². The van der Waals surface area contributed by atoms with Crippen molar-refractivity contribution in [2.45, 2.75) is 32.2 Å². The highest BCUT2D eigenvalue weighted by Crippen LogP contribution is 1.92. The maximum atomic E-state index is 3.69. The molecule has 0 radical (unpaired) electrons. The molecule has 64 valence electrons. The third-order valence-electron chi connectivity index (χ3n) is 1.60. The SMILES string of the molecule is C=CCCCNC(C)CC=C. The molecule has 0 fully saturated rings. The fourth-order valence-electron chi connectivity index (χ4n) is 0.928. The average Bonchev–Trinajstić information content (AvgIpc) is 1.99. The molecule has 0 aromatic rings. The van der Waals surface area contributed by atoms with E-state index in [0.29, 0.717) is 6.04 Å². The molecule has 0 bridgehead atoms. The number of allylic oxidation sites excluding steroid dienone is 1.